The minimum absolute atomic E-state index is 0.496. The summed E-state index contributed by atoms with van der Waals surface area (Å²) < 4.78 is 5.12. The molecule has 1 N–H and O–H groups in total. The van der Waals surface area contributed by atoms with Gasteiger partial charge in [-0.15, -0.1) is 0 Å². The van der Waals surface area contributed by atoms with Crippen LogP contribution in [0.5, 0.6) is 0 Å². The van der Waals surface area contributed by atoms with E-state index >= 15 is 0 Å². The summed E-state index contributed by atoms with van der Waals surface area (Å²) in [5, 5.41) is 3.38. The number of nitrogens with one attached hydrogen (secondary N) is 1. The van der Waals surface area contributed by atoms with Gasteiger partial charge >= 0.3 is 0 Å². The molecule has 1 saturated heterocycles. The lowest BCUT2D eigenvalue weighted by atomic mass is 9.97. The lowest BCUT2D eigenvalue weighted by Crippen LogP contribution is -2.28. The van der Waals surface area contributed by atoms with E-state index in [1.165, 1.54) is 0 Å². The van der Waals surface area contributed by atoms with Gasteiger partial charge in [-0.25, -0.2) is 9.97 Å². The maximum Gasteiger partial charge on any atom is 0.134 e. The van der Waals surface area contributed by atoms with E-state index in [2.05, 4.69) is 15.2 Å². The molecule has 1 aromatic rings. The smallest absolute Gasteiger partial charge is 0.134 e. The Balaban J connectivity index is 2.13. The second kappa shape index (κ2) is 6.82. The molecule has 0 aliphatic carbocycles. The van der Waals surface area contributed by atoms with Crippen LogP contribution in [0.3, 0.4) is 0 Å². The molecule has 1 fully saturated rings. The fourth-order valence-electron chi connectivity index (χ4n) is 2.38. The molecule has 0 spiro atoms. The molecule has 0 unspecified atom stereocenters. The highest BCUT2D eigenvalue weighted by Crippen LogP contribution is 2.24. The van der Waals surface area contributed by atoms with E-state index in [1.807, 2.05) is 20.0 Å². The van der Waals surface area contributed by atoms with Crippen molar-refractivity contribution in [1.29, 1.82) is 0 Å². The van der Waals surface area contributed by atoms with Crippen LogP contribution >= 0.6 is 0 Å². The van der Waals surface area contributed by atoms with Gasteiger partial charge in [-0.2, -0.15) is 0 Å². The van der Waals surface area contributed by atoms with Gasteiger partial charge in [-0.05, 0) is 32.9 Å². The number of nitrogens with zero attached hydrogens (tertiary/aromatic N) is 3. The summed E-state index contributed by atoms with van der Waals surface area (Å²) in [6.07, 6.45) is 2.26. The van der Waals surface area contributed by atoms with E-state index < -0.39 is 0 Å². The van der Waals surface area contributed by atoms with E-state index in [9.17, 15) is 0 Å². The summed E-state index contributed by atoms with van der Waals surface area (Å²) in [5.74, 6) is 2.49. The van der Waals surface area contributed by atoms with Crippen LogP contribution in [0.15, 0.2) is 6.07 Å². The third kappa shape index (κ3) is 3.88. The van der Waals surface area contributed by atoms with Gasteiger partial charge in [-0.1, -0.05) is 0 Å². The Bertz CT molecular complexity index is 404. The number of aromatic nitrogens is 2. The number of likely N-dealkylation sites (N-methyl/N-ethyl adjacent to an activating group) is 1. The molecule has 0 amide bonds. The molecule has 0 atom stereocenters. The molecule has 5 nitrogen and oxygen atoms in total. The van der Waals surface area contributed by atoms with Gasteiger partial charge in [-0.3, -0.25) is 0 Å². The molecule has 106 valence electrons. The standard InChI is InChI=1S/C14H24N4O/c1-11-10-13(18(2)8-9-19-3)17-14(16-11)12-4-6-15-7-5-12/h10,12,15H,4-9H2,1-3H3. The van der Waals surface area contributed by atoms with Crippen molar-refractivity contribution in [3.8, 4) is 0 Å². The van der Waals surface area contributed by atoms with Gasteiger partial charge in [0.1, 0.15) is 11.6 Å². The Morgan fingerprint density at radius 2 is 2.11 bits per heavy atom. The summed E-state index contributed by atoms with van der Waals surface area (Å²) in [6.45, 7) is 5.73. The quantitative estimate of drug-likeness (QED) is 0.869. The molecule has 0 aromatic carbocycles. The molecule has 0 bridgehead atoms. The van der Waals surface area contributed by atoms with Crippen LogP contribution in [0.1, 0.15) is 30.3 Å². The molecule has 1 aliphatic rings. The fourth-order valence-corrected chi connectivity index (χ4v) is 2.38. The van der Waals surface area contributed by atoms with Gasteiger partial charge in [0.15, 0.2) is 0 Å². The second-order valence-electron chi connectivity index (χ2n) is 5.16. The second-order valence-corrected chi connectivity index (χ2v) is 5.16. The van der Waals surface area contributed by atoms with Crippen molar-refractivity contribution in [3.63, 3.8) is 0 Å². The molecular formula is C14H24N4O. The average molecular weight is 264 g/mol. The van der Waals surface area contributed by atoms with Crippen molar-refractivity contribution in [2.45, 2.75) is 25.7 Å². The normalized spacial score (nSPS) is 16.6. The maximum absolute atomic E-state index is 5.12. The van der Waals surface area contributed by atoms with Crippen molar-refractivity contribution in [1.82, 2.24) is 15.3 Å². The van der Waals surface area contributed by atoms with Gasteiger partial charge in [0.2, 0.25) is 0 Å². The first-order valence-electron chi connectivity index (χ1n) is 6.97. The van der Waals surface area contributed by atoms with Crippen LogP contribution in [0, 0.1) is 6.92 Å². The van der Waals surface area contributed by atoms with Crippen LogP contribution in [-0.4, -0.2) is 50.4 Å². The molecule has 5 heteroatoms. The Hall–Kier alpha value is -1.20. The van der Waals surface area contributed by atoms with Crippen LogP contribution in [0.2, 0.25) is 0 Å². The van der Waals surface area contributed by atoms with E-state index in [0.29, 0.717) is 12.5 Å². The first-order chi connectivity index (χ1) is 9.20. The molecule has 0 radical (unpaired) electrons. The topological polar surface area (TPSA) is 50.3 Å². The Morgan fingerprint density at radius 1 is 1.37 bits per heavy atom. The van der Waals surface area contributed by atoms with Crippen molar-refractivity contribution in [2.24, 2.45) is 0 Å². The Labute approximate surface area is 115 Å². The minimum Gasteiger partial charge on any atom is -0.383 e. The summed E-state index contributed by atoms with van der Waals surface area (Å²) in [7, 11) is 3.77. The predicted molar refractivity (Wildman–Crippen MR) is 76.8 cm³/mol. The third-order valence-corrected chi connectivity index (χ3v) is 3.58. The van der Waals surface area contributed by atoms with Gasteiger partial charge < -0.3 is 15.0 Å². The molecule has 1 aromatic heterocycles. The first-order valence-corrected chi connectivity index (χ1v) is 6.97. The van der Waals surface area contributed by atoms with Gasteiger partial charge in [0.25, 0.3) is 0 Å². The average Bonchev–Trinajstić information content (AvgIpc) is 2.45. The summed E-state index contributed by atoms with van der Waals surface area (Å²) in [6, 6.07) is 2.04. The van der Waals surface area contributed by atoms with E-state index in [4.69, 9.17) is 9.72 Å². The van der Waals surface area contributed by atoms with Crippen LogP contribution in [-0.2, 0) is 4.74 Å². The lowest BCUT2D eigenvalue weighted by Gasteiger charge is -2.24. The van der Waals surface area contributed by atoms with Crippen molar-refractivity contribution in [3.05, 3.63) is 17.6 Å². The number of anilines is 1. The zero-order chi connectivity index (χ0) is 13.7. The highest BCUT2D eigenvalue weighted by atomic mass is 16.5. The number of aryl methyl sites for hydroxylation is 1. The fraction of sp³-hybridized carbons (Fsp3) is 0.714. The summed E-state index contributed by atoms with van der Waals surface area (Å²) >= 11 is 0. The molecular weight excluding hydrogens is 240 g/mol. The van der Waals surface area contributed by atoms with E-state index in [1.54, 1.807) is 7.11 Å². The number of rotatable bonds is 5. The molecule has 19 heavy (non-hydrogen) atoms. The van der Waals surface area contributed by atoms with Crippen molar-refractivity contribution >= 4 is 5.82 Å². The molecule has 2 heterocycles. The number of hydrogen-bond acceptors (Lipinski definition) is 5. The first kappa shape index (κ1) is 14.2. The summed E-state index contributed by atoms with van der Waals surface area (Å²) in [5.41, 5.74) is 1.04. The number of piperidine rings is 1. The number of hydrogen-bond donors (Lipinski definition) is 1. The number of ether oxygens (including phenoxy) is 1. The minimum atomic E-state index is 0.496. The van der Waals surface area contributed by atoms with E-state index in [-0.39, 0.29) is 0 Å². The van der Waals surface area contributed by atoms with Crippen molar-refractivity contribution < 1.29 is 4.74 Å². The Morgan fingerprint density at radius 3 is 2.79 bits per heavy atom. The van der Waals surface area contributed by atoms with Crippen LogP contribution in [0.25, 0.3) is 0 Å². The molecule has 1 aliphatic heterocycles. The molecule has 0 saturated carbocycles. The highest BCUT2D eigenvalue weighted by Gasteiger charge is 2.19. The van der Waals surface area contributed by atoms with Crippen LogP contribution in [0.4, 0.5) is 5.82 Å². The zero-order valence-corrected chi connectivity index (χ0v) is 12.1. The highest BCUT2D eigenvalue weighted by molar-refractivity contribution is 5.39. The zero-order valence-electron chi connectivity index (χ0n) is 12.1. The third-order valence-electron chi connectivity index (χ3n) is 3.58. The number of methoxy groups -OCH3 is 1. The largest absolute Gasteiger partial charge is 0.383 e. The monoisotopic (exact) mass is 264 g/mol. The maximum atomic E-state index is 5.12. The molecule has 2 rings (SSSR count). The van der Waals surface area contributed by atoms with Gasteiger partial charge in [0.05, 0.1) is 6.61 Å². The Kier molecular flexibility index (Phi) is 5.10. The summed E-state index contributed by atoms with van der Waals surface area (Å²) in [4.78, 5) is 11.5. The SMILES string of the molecule is COCCN(C)c1cc(C)nc(C2CCNCC2)n1. The van der Waals surface area contributed by atoms with Gasteiger partial charge in [0, 0.05) is 38.4 Å². The van der Waals surface area contributed by atoms with E-state index in [0.717, 1.165) is 49.8 Å². The predicted octanol–water partition coefficient (Wildman–Crippen LogP) is 1.33. The van der Waals surface area contributed by atoms with Crippen molar-refractivity contribution in [2.75, 3.05) is 45.3 Å². The lowest BCUT2D eigenvalue weighted by molar-refractivity contribution is 0.206. The van der Waals surface area contributed by atoms with Crippen LogP contribution < -0.4 is 10.2 Å².